The minimum Gasteiger partial charge on any atom is -0.475 e. The number of imidazole rings is 2. The molecule has 0 spiro atoms. The Morgan fingerprint density at radius 3 is 2.35 bits per heavy atom. The number of aromatic amines is 1. The van der Waals surface area contributed by atoms with E-state index in [4.69, 9.17) is 10.00 Å². The Hall–Kier alpha value is -5.12. The van der Waals surface area contributed by atoms with E-state index in [2.05, 4.69) is 35.2 Å². The van der Waals surface area contributed by atoms with E-state index in [1.54, 1.807) is 12.7 Å². The number of benzene rings is 1. The smallest absolute Gasteiger partial charge is 0.278 e. The highest BCUT2D eigenvalue weighted by atomic mass is 16.5. The number of hydrogen-bond acceptors (Lipinski definition) is 9. The number of anilines is 1. The van der Waals surface area contributed by atoms with Gasteiger partial charge in [-0.15, -0.1) is 0 Å². The van der Waals surface area contributed by atoms with Gasteiger partial charge in [0.25, 0.3) is 5.56 Å². The van der Waals surface area contributed by atoms with E-state index in [0.29, 0.717) is 22.3 Å². The average Bonchev–Trinajstić information content (AvgIpc) is 3.55. The van der Waals surface area contributed by atoms with Crippen LogP contribution < -0.4 is 15.6 Å². The topological polar surface area (TPSA) is 169 Å². The van der Waals surface area contributed by atoms with Gasteiger partial charge in [0.2, 0.25) is 17.7 Å². The zero-order valence-electron chi connectivity index (χ0n) is 22.7. The van der Waals surface area contributed by atoms with Crippen molar-refractivity contribution in [3.8, 4) is 11.9 Å². The van der Waals surface area contributed by atoms with Crippen molar-refractivity contribution in [2.75, 3.05) is 11.9 Å². The Bertz CT molecular complexity index is 1700. The molecule has 0 saturated carbocycles. The molecule has 0 atom stereocenters. The van der Waals surface area contributed by atoms with Crippen LogP contribution in [0, 0.1) is 11.3 Å². The van der Waals surface area contributed by atoms with Gasteiger partial charge in [-0.1, -0.05) is 30.3 Å². The minimum atomic E-state index is -0.223. The first kappa shape index (κ1) is 27.9. The molecule has 1 aromatic carbocycles. The summed E-state index contributed by atoms with van der Waals surface area (Å²) in [5.74, 6) is 0.182. The Morgan fingerprint density at radius 2 is 1.68 bits per heavy atom. The number of nitriles is 1. The molecule has 0 unspecified atom stereocenters. The lowest BCUT2D eigenvalue weighted by molar-refractivity contribution is -0.115. The van der Waals surface area contributed by atoms with Gasteiger partial charge < -0.3 is 18.9 Å². The molecule has 0 aliphatic heterocycles. The van der Waals surface area contributed by atoms with E-state index in [0.717, 1.165) is 5.56 Å². The Morgan fingerprint density at radius 1 is 1.00 bits per heavy atom. The number of amides is 1. The average molecular weight is 543 g/mol. The Balaban J connectivity index is 0.000000236. The standard InChI is InChI=1S/C19H20N6O2.C8H10N4O/c1-13(2)25-12-21-16-17(25)23-19(24-18(16)27-10-6-9-20)22-15(26)11-14-7-4-3-5-8-14;1-5(2)12-4-11-6-7(12)9-3-10-8(6)13/h3-5,7-8,12-13H,6,10-11H2,1-2H3,(H,22,23,24,26);3-5H,1-2H3,(H,9,10,13). The van der Waals surface area contributed by atoms with Crippen LogP contribution in [0.2, 0.25) is 0 Å². The molecule has 2 N–H and O–H groups in total. The van der Waals surface area contributed by atoms with Gasteiger partial charge in [0.05, 0.1) is 37.9 Å². The minimum absolute atomic E-state index is 0.129. The SMILES string of the molecule is CC(C)n1cnc2c(=O)[nH]cnc21.CC(C)n1cnc2c(OCCC#N)nc(NC(=O)Cc3ccccc3)nc21. The third-order valence-corrected chi connectivity index (χ3v) is 5.78. The van der Waals surface area contributed by atoms with Crippen molar-refractivity contribution in [1.29, 1.82) is 5.26 Å². The molecule has 1 amide bonds. The Kier molecular flexibility index (Phi) is 8.80. The summed E-state index contributed by atoms with van der Waals surface area (Å²) < 4.78 is 9.33. The molecule has 206 valence electrons. The maximum atomic E-state index is 12.3. The molecular weight excluding hydrogens is 512 g/mol. The van der Waals surface area contributed by atoms with Gasteiger partial charge in [0, 0.05) is 12.1 Å². The highest BCUT2D eigenvalue weighted by molar-refractivity contribution is 5.91. The molecule has 5 rings (SSSR count). The molecule has 4 aromatic heterocycles. The van der Waals surface area contributed by atoms with Crippen molar-refractivity contribution >= 4 is 34.2 Å². The lowest BCUT2D eigenvalue weighted by Gasteiger charge is -2.11. The normalized spacial score (nSPS) is 10.9. The van der Waals surface area contributed by atoms with E-state index in [9.17, 15) is 9.59 Å². The van der Waals surface area contributed by atoms with Crippen molar-refractivity contribution in [3.05, 3.63) is 65.2 Å². The van der Waals surface area contributed by atoms with Crippen LogP contribution in [-0.4, -0.2) is 51.6 Å². The third kappa shape index (κ3) is 6.47. The maximum Gasteiger partial charge on any atom is 0.278 e. The van der Waals surface area contributed by atoms with Gasteiger partial charge in [-0.05, 0) is 33.3 Å². The second-order valence-corrected chi connectivity index (χ2v) is 9.39. The van der Waals surface area contributed by atoms with Crippen LogP contribution in [0.25, 0.3) is 22.3 Å². The van der Waals surface area contributed by atoms with Gasteiger partial charge >= 0.3 is 0 Å². The van der Waals surface area contributed by atoms with Crippen LogP contribution in [0.4, 0.5) is 5.95 Å². The molecule has 40 heavy (non-hydrogen) atoms. The zero-order chi connectivity index (χ0) is 28.6. The van der Waals surface area contributed by atoms with Gasteiger partial charge in [-0.25, -0.2) is 15.0 Å². The van der Waals surface area contributed by atoms with E-state index in [-0.39, 0.29) is 54.8 Å². The van der Waals surface area contributed by atoms with Crippen LogP contribution in [0.15, 0.2) is 54.1 Å². The van der Waals surface area contributed by atoms with Gasteiger partial charge in [-0.2, -0.15) is 15.2 Å². The first-order valence-electron chi connectivity index (χ1n) is 12.8. The monoisotopic (exact) mass is 542 g/mol. The fraction of sp³-hybridized carbons (Fsp3) is 0.333. The van der Waals surface area contributed by atoms with Crippen LogP contribution in [0.3, 0.4) is 0 Å². The predicted octanol–water partition coefficient (Wildman–Crippen LogP) is 3.58. The number of ether oxygens (including phenoxy) is 1. The number of carbonyl (C=O) groups excluding carboxylic acids is 1. The Labute approximate surface area is 229 Å². The van der Waals surface area contributed by atoms with Crippen molar-refractivity contribution in [3.63, 3.8) is 0 Å². The molecule has 0 fully saturated rings. The molecule has 5 aromatic rings. The fourth-order valence-electron chi connectivity index (χ4n) is 3.81. The molecule has 0 bridgehead atoms. The summed E-state index contributed by atoms with van der Waals surface area (Å²) in [6, 6.07) is 11.8. The lowest BCUT2D eigenvalue weighted by atomic mass is 10.1. The molecule has 13 nitrogen and oxygen atoms in total. The number of hydrogen-bond donors (Lipinski definition) is 2. The predicted molar refractivity (Wildman–Crippen MR) is 149 cm³/mol. The fourth-order valence-corrected chi connectivity index (χ4v) is 3.81. The molecule has 0 saturated heterocycles. The second kappa shape index (κ2) is 12.6. The van der Waals surface area contributed by atoms with Crippen LogP contribution >= 0.6 is 0 Å². The number of nitrogens with zero attached hydrogens (tertiary/aromatic N) is 8. The summed E-state index contributed by atoms with van der Waals surface area (Å²) in [5, 5.41) is 11.4. The van der Waals surface area contributed by atoms with E-state index < -0.39 is 0 Å². The summed E-state index contributed by atoms with van der Waals surface area (Å²) in [6.45, 7) is 8.24. The van der Waals surface area contributed by atoms with Gasteiger partial charge in [-0.3, -0.25) is 14.9 Å². The zero-order valence-corrected chi connectivity index (χ0v) is 22.7. The van der Waals surface area contributed by atoms with Gasteiger partial charge in [0.1, 0.15) is 6.61 Å². The van der Waals surface area contributed by atoms with E-state index in [1.807, 2.05) is 73.2 Å². The van der Waals surface area contributed by atoms with Crippen molar-refractivity contribution in [1.82, 2.24) is 39.0 Å². The van der Waals surface area contributed by atoms with Crippen LogP contribution in [0.5, 0.6) is 5.88 Å². The van der Waals surface area contributed by atoms with Crippen molar-refractivity contribution in [2.24, 2.45) is 0 Å². The summed E-state index contributed by atoms with van der Waals surface area (Å²) in [4.78, 5) is 47.2. The van der Waals surface area contributed by atoms with E-state index >= 15 is 0 Å². The molecule has 0 aliphatic carbocycles. The number of carbonyl (C=O) groups is 1. The van der Waals surface area contributed by atoms with Gasteiger partial charge in [0.15, 0.2) is 22.3 Å². The molecule has 13 heteroatoms. The van der Waals surface area contributed by atoms with Crippen LogP contribution in [0.1, 0.15) is 51.8 Å². The number of nitrogens with one attached hydrogen (secondary N) is 2. The highest BCUT2D eigenvalue weighted by Gasteiger charge is 2.17. The third-order valence-electron chi connectivity index (χ3n) is 5.78. The summed E-state index contributed by atoms with van der Waals surface area (Å²) >= 11 is 0. The maximum absolute atomic E-state index is 12.3. The number of aromatic nitrogens is 8. The number of fused-ring (bicyclic) bond motifs is 2. The second-order valence-electron chi connectivity index (χ2n) is 9.39. The number of rotatable bonds is 8. The summed E-state index contributed by atoms with van der Waals surface area (Å²) in [6.07, 6.45) is 5.14. The molecular formula is C27H30N10O3. The molecule has 0 aliphatic rings. The van der Waals surface area contributed by atoms with Crippen molar-refractivity contribution < 1.29 is 9.53 Å². The number of H-pyrrole nitrogens is 1. The lowest BCUT2D eigenvalue weighted by Crippen LogP contribution is -2.17. The largest absolute Gasteiger partial charge is 0.475 e. The first-order chi connectivity index (χ1) is 19.3. The molecule has 4 heterocycles. The first-order valence-corrected chi connectivity index (χ1v) is 12.8. The van der Waals surface area contributed by atoms with Crippen LogP contribution in [-0.2, 0) is 11.2 Å². The summed E-state index contributed by atoms with van der Waals surface area (Å²) in [7, 11) is 0. The molecule has 0 radical (unpaired) electrons. The van der Waals surface area contributed by atoms with Crippen molar-refractivity contribution in [2.45, 2.75) is 52.6 Å². The quantitative estimate of drug-likeness (QED) is 0.278. The highest BCUT2D eigenvalue weighted by Crippen LogP contribution is 2.25. The van der Waals surface area contributed by atoms with E-state index in [1.165, 1.54) is 6.33 Å². The summed E-state index contributed by atoms with van der Waals surface area (Å²) in [5.41, 5.74) is 2.82.